The van der Waals surface area contributed by atoms with E-state index in [1.165, 1.54) is 5.56 Å². The third-order valence-corrected chi connectivity index (χ3v) is 5.37. The van der Waals surface area contributed by atoms with Crippen LogP contribution in [0, 0.1) is 12.8 Å². The van der Waals surface area contributed by atoms with Gasteiger partial charge in [-0.05, 0) is 55.9 Å². The minimum atomic E-state index is 0.0260. The molecule has 1 aliphatic rings. The largest absolute Gasteiger partial charge is 0.345 e. The lowest BCUT2D eigenvalue weighted by atomic mass is 9.89. The van der Waals surface area contributed by atoms with E-state index in [-0.39, 0.29) is 11.8 Å². The summed E-state index contributed by atoms with van der Waals surface area (Å²) in [5, 5.41) is 4.30. The maximum atomic E-state index is 12.6. The first-order chi connectivity index (χ1) is 12.8. The first kappa shape index (κ1) is 19.1. The average Bonchev–Trinajstić information content (AvgIpc) is 3.00. The van der Waals surface area contributed by atoms with Crippen LogP contribution in [0.5, 0.6) is 0 Å². The molecule has 1 aromatic carbocycles. The number of carbonyl (C=O) groups is 2. The third kappa shape index (κ3) is 4.38. The van der Waals surface area contributed by atoms with Crippen molar-refractivity contribution in [3.8, 4) is 0 Å². The van der Waals surface area contributed by atoms with Crippen LogP contribution in [0.15, 0.2) is 30.3 Å². The Kier molecular flexibility index (Phi) is 5.63. The van der Waals surface area contributed by atoms with Crippen LogP contribution in [-0.4, -0.2) is 58.6 Å². The van der Waals surface area contributed by atoms with Crippen molar-refractivity contribution in [2.45, 2.75) is 26.2 Å². The summed E-state index contributed by atoms with van der Waals surface area (Å²) in [6, 6.07) is 9.75. The van der Waals surface area contributed by atoms with Crippen molar-refractivity contribution >= 4 is 11.8 Å². The van der Waals surface area contributed by atoms with Gasteiger partial charge in [-0.25, -0.2) is 0 Å². The van der Waals surface area contributed by atoms with Gasteiger partial charge in [0.25, 0.3) is 11.8 Å². The smallest absolute Gasteiger partial charge is 0.274 e. The topological polar surface area (TPSA) is 58.4 Å². The second kappa shape index (κ2) is 7.94. The molecule has 3 rings (SSSR count). The quantitative estimate of drug-likeness (QED) is 0.833. The molecule has 0 bridgehead atoms. The molecular weight excluding hydrogens is 340 g/mol. The van der Waals surface area contributed by atoms with Gasteiger partial charge in [-0.15, -0.1) is 0 Å². The summed E-state index contributed by atoms with van der Waals surface area (Å²) in [5.74, 6) is 0.622. The number of aryl methyl sites for hydroxylation is 2. The Balaban J connectivity index is 1.53. The number of likely N-dealkylation sites (tertiary alicyclic amines) is 1. The van der Waals surface area contributed by atoms with Crippen molar-refractivity contribution in [3.63, 3.8) is 0 Å². The molecule has 0 unspecified atom stereocenters. The average molecular weight is 368 g/mol. The number of amides is 2. The zero-order chi connectivity index (χ0) is 19.6. The highest BCUT2D eigenvalue weighted by Gasteiger charge is 2.25. The number of benzene rings is 1. The lowest BCUT2D eigenvalue weighted by Crippen LogP contribution is -2.39. The van der Waals surface area contributed by atoms with E-state index >= 15 is 0 Å². The van der Waals surface area contributed by atoms with Gasteiger partial charge in [-0.3, -0.25) is 14.3 Å². The molecule has 2 aromatic rings. The van der Waals surface area contributed by atoms with Crippen LogP contribution in [0.25, 0.3) is 0 Å². The Morgan fingerprint density at radius 2 is 1.78 bits per heavy atom. The van der Waals surface area contributed by atoms with Crippen LogP contribution in [0.2, 0.25) is 0 Å². The second-order valence-electron chi connectivity index (χ2n) is 7.63. The zero-order valence-electron chi connectivity index (χ0n) is 16.6. The van der Waals surface area contributed by atoms with Crippen LogP contribution in [0.4, 0.5) is 0 Å². The molecule has 144 valence electrons. The molecule has 0 saturated carbocycles. The van der Waals surface area contributed by atoms with Gasteiger partial charge in [-0.2, -0.15) is 5.10 Å². The van der Waals surface area contributed by atoms with E-state index in [2.05, 4.69) is 5.10 Å². The summed E-state index contributed by atoms with van der Waals surface area (Å²) < 4.78 is 1.74. The van der Waals surface area contributed by atoms with Crippen molar-refractivity contribution in [2.24, 2.45) is 13.0 Å². The van der Waals surface area contributed by atoms with Gasteiger partial charge < -0.3 is 9.80 Å². The molecule has 0 spiro atoms. The van der Waals surface area contributed by atoms with Crippen LogP contribution in [0.3, 0.4) is 0 Å². The summed E-state index contributed by atoms with van der Waals surface area (Å²) in [4.78, 5) is 28.1. The van der Waals surface area contributed by atoms with Crippen LogP contribution >= 0.6 is 0 Å². The van der Waals surface area contributed by atoms with Crippen molar-refractivity contribution in [1.29, 1.82) is 0 Å². The first-order valence-corrected chi connectivity index (χ1v) is 9.45. The summed E-state index contributed by atoms with van der Waals surface area (Å²) in [6.45, 7) is 3.50. The highest BCUT2D eigenvalue weighted by Crippen LogP contribution is 2.23. The SMILES string of the molecule is Cc1cc(C(=O)N2CCC(Cc3ccc(C(=O)N(C)C)cc3)CC2)nn1C. The molecule has 1 aliphatic heterocycles. The van der Waals surface area contributed by atoms with Crippen molar-refractivity contribution in [3.05, 3.63) is 52.8 Å². The summed E-state index contributed by atoms with van der Waals surface area (Å²) >= 11 is 0. The lowest BCUT2D eigenvalue weighted by Gasteiger charge is -2.31. The Hall–Kier alpha value is -2.63. The van der Waals surface area contributed by atoms with E-state index < -0.39 is 0 Å². The Labute approximate surface area is 160 Å². The van der Waals surface area contributed by atoms with E-state index in [1.54, 1.807) is 23.7 Å². The summed E-state index contributed by atoms with van der Waals surface area (Å²) in [7, 11) is 5.38. The van der Waals surface area contributed by atoms with E-state index in [4.69, 9.17) is 0 Å². The zero-order valence-corrected chi connectivity index (χ0v) is 16.6. The molecule has 0 N–H and O–H groups in total. The standard InChI is InChI=1S/C21H28N4O2/c1-15-13-19(22-24(15)4)21(27)25-11-9-17(10-12-25)14-16-5-7-18(8-6-16)20(26)23(2)3/h5-8,13,17H,9-12,14H2,1-4H3. The van der Waals surface area contributed by atoms with Crippen LogP contribution in [0.1, 0.15) is 44.9 Å². The van der Waals surface area contributed by atoms with Crippen molar-refractivity contribution < 1.29 is 9.59 Å². The fourth-order valence-electron chi connectivity index (χ4n) is 3.54. The Morgan fingerprint density at radius 3 is 2.30 bits per heavy atom. The molecule has 6 nitrogen and oxygen atoms in total. The monoisotopic (exact) mass is 368 g/mol. The molecule has 0 atom stereocenters. The number of piperidine rings is 1. The molecule has 6 heteroatoms. The fraction of sp³-hybridized carbons (Fsp3) is 0.476. The second-order valence-corrected chi connectivity index (χ2v) is 7.63. The lowest BCUT2D eigenvalue weighted by molar-refractivity contribution is 0.0683. The van der Waals surface area contributed by atoms with Gasteiger partial charge in [0.15, 0.2) is 5.69 Å². The maximum absolute atomic E-state index is 12.6. The van der Waals surface area contributed by atoms with Crippen LogP contribution in [-0.2, 0) is 13.5 Å². The van der Waals surface area contributed by atoms with Crippen molar-refractivity contribution in [1.82, 2.24) is 19.6 Å². The molecule has 1 saturated heterocycles. The molecule has 0 aliphatic carbocycles. The number of hydrogen-bond donors (Lipinski definition) is 0. The first-order valence-electron chi connectivity index (χ1n) is 9.45. The normalized spacial score (nSPS) is 15.0. The number of aromatic nitrogens is 2. The summed E-state index contributed by atoms with van der Waals surface area (Å²) in [5.41, 5.74) is 3.49. The molecule has 0 radical (unpaired) electrons. The molecule has 2 heterocycles. The van der Waals surface area contributed by atoms with Gasteiger partial charge in [0, 0.05) is 45.5 Å². The van der Waals surface area contributed by atoms with E-state index in [0.717, 1.165) is 43.6 Å². The minimum Gasteiger partial charge on any atom is -0.345 e. The highest BCUT2D eigenvalue weighted by atomic mass is 16.2. The molecule has 1 aromatic heterocycles. The number of hydrogen-bond acceptors (Lipinski definition) is 3. The van der Waals surface area contributed by atoms with Gasteiger partial charge >= 0.3 is 0 Å². The van der Waals surface area contributed by atoms with Crippen LogP contribution < -0.4 is 0 Å². The third-order valence-electron chi connectivity index (χ3n) is 5.37. The number of carbonyl (C=O) groups excluding carboxylic acids is 2. The van der Waals surface area contributed by atoms with E-state index in [0.29, 0.717) is 11.6 Å². The fourth-order valence-corrected chi connectivity index (χ4v) is 3.54. The number of nitrogens with zero attached hydrogens (tertiary/aromatic N) is 4. The van der Waals surface area contributed by atoms with E-state index in [9.17, 15) is 9.59 Å². The van der Waals surface area contributed by atoms with Gasteiger partial charge in [0.05, 0.1) is 0 Å². The molecule has 1 fully saturated rings. The van der Waals surface area contributed by atoms with Gasteiger partial charge in [0.1, 0.15) is 0 Å². The summed E-state index contributed by atoms with van der Waals surface area (Å²) in [6.07, 6.45) is 2.98. The predicted molar refractivity (Wildman–Crippen MR) is 105 cm³/mol. The molecular formula is C21H28N4O2. The maximum Gasteiger partial charge on any atom is 0.274 e. The van der Waals surface area contributed by atoms with Crippen molar-refractivity contribution in [2.75, 3.05) is 27.2 Å². The minimum absolute atomic E-state index is 0.0260. The van der Waals surface area contributed by atoms with Gasteiger partial charge in [-0.1, -0.05) is 12.1 Å². The van der Waals surface area contributed by atoms with E-state index in [1.807, 2.05) is 49.2 Å². The molecule has 2 amide bonds. The Morgan fingerprint density at radius 1 is 1.15 bits per heavy atom. The van der Waals surface area contributed by atoms with Gasteiger partial charge in [0.2, 0.25) is 0 Å². The highest BCUT2D eigenvalue weighted by molar-refractivity contribution is 5.94. The predicted octanol–water partition coefficient (Wildman–Crippen LogP) is 2.53. The molecule has 27 heavy (non-hydrogen) atoms. The Bertz CT molecular complexity index is 796. The number of rotatable bonds is 4.